The number of hydrogen-bond acceptors (Lipinski definition) is 5. The van der Waals surface area contributed by atoms with E-state index >= 15 is 0 Å². The van der Waals surface area contributed by atoms with Gasteiger partial charge in [-0.05, 0) is 74.5 Å². The zero-order valence-corrected chi connectivity index (χ0v) is 24.3. The number of halogens is 3. The third-order valence-corrected chi connectivity index (χ3v) is 8.88. The van der Waals surface area contributed by atoms with E-state index in [1.807, 2.05) is 24.3 Å². The van der Waals surface area contributed by atoms with Gasteiger partial charge in [-0.25, -0.2) is 9.59 Å². The molecule has 9 heteroatoms. The molecule has 0 N–H and O–H groups in total. The smallest absolute Gasteiger partial charge is 0.416 e. The summed E-state index contributed by atoms with van der Waals surface area (Å²) < 4.78 is 56.9. The topological polar surface area (TPSA) is 61.8 Å². The molecule has 0 spiro atoms. The van der Waals surface area contributed by atoms with Gasteiger partial charge in [0.2, 0.25) is 4.90 Å². The molecule has 0 bridgehead atoms. The summed E-state index contributed by atoms with van der Waals surface area (Å²) in [7, 11) is 1.05. The molecule has 0 atom stereocenters. The third-order valence-electron chi connectivity index (χ3n) is 6.53. The van der Waals surface area contributed by atoms with Crippen molar-refractivity contribution >= 4 is 42.6 Å². The van der Waals surface area contributed by atoms with E-state index in [2.05, 4.69) is 36.1 Å². The highest BCUT2D eigenvalue weighted by molar-refractivity contribution is 7.50. The van der Waals surface area contributed by atoms with Gasteiger partial charge in [0, 0.05) is 32.9 Å². The molecular formula is C34H26F3O5S+. The lowest BCUT2D eigenvalue weighted by atomic mass is 10.1. The van der Waals surface area contributed by atoms with Gasteiger partial charge in [-0.1, -0.05) is 36.1 Å². The highest BCUT2D eigenvalue weighted by Crippen LogP contribution is 2.51. The van der Waals surface area contributed by atoms with Crippen molar-refractivity contribution in [1.82, 2.24) is 0 Å². The molecule has 5 nitrogen and oxygen atoms in total. The monoisotopic (exact) mass is 603 g/mol. The largest absolute Gasteiger partial charge is 0.491 e. The van der Waals surface area contributed by atoms with Crippen LogP contribution in [0.4, 0.5) is 13.2 Å². The average molecular weight is 604 g/mol. The van der Waals surface area contributed by atoms with Crippen LogP contribution >= 0.6 is 10.5 Å². The number of carbonyl (C=O) groups excluding carboxylic acids is 2. The fraction of sp³-hybridized carbons (Fsp3) is 0.176. The Morgan fingerprint density at radius 2 is 1.44 bits per heavy atom. The van der Waals surface area contributed by atoms with E-state index in [1.165, 1.54) is 26.0 Å². The van der Waals surface area contributed by atoms with Crippen molar-refractivity contribution < 1.29 is 37.0 Å². The second-order valence-electron chi connectivity index (χ2n) is 10.0. The summed E-state index contributed by atoms with van der Waals surface area (Å²) in [5.41, 5.74) is -1.50. The van der Waals surface area contributed by atoms with Crippen LogP contribution in [0.1, 0.15) is 35.3 Å². The van der Waals surface area contributed by atoms with E-state index in [0.717, 1.165) is 37.2 Å². The molecule has 0 unspecified atom stereocenters. The zero-order valence-electron chi connectivity index (χ0n) is 23.5. The maximum absolute atomic E-state index is 13.0. The van der Waals surface area contributed by atoms with Gasteiger partial charge in [-0.3, -0.25) is 0 Å². The second kappa shape index (κ2) is 11.8. The number of fused-ring (bicyclic) bond motifs is 3. The van der Waals surface area contributed by atoms with E-state index in [-0.39, 0.29) is 5.56 Å². The van der Waals surface area contributed by atoms with Crippen LogP contribution in [0.5, 0.6) is 5.75 Å². The van der Waals surface area contributed by atoms with Crippen LogP contribution in [0.15, 0.2) is 91.0 Å². The van der Waals surface area contributed by atoms with Crippen molar-refractivity contribution in [2.45, 2.75) is 25.6 Å². The van der Waals surface area contributed by atoms with E-state index in [1.54, 1.807) is 25.3 Å². The Hall–Kier alpha value is -4.81. The van der Waals surface area contributed by atoms with Crippen molar-refractivity contribution in [2.24, 2.45) is 0 Å². The third kappa shape index (κ3) is 6.50. The Morgan fingerprint density at radius 1 is 0.837 bits per heavy atom. The molecule has 5 rings (SSSR count). The Labute approximate surface area is 248 Å². The number of esters is 2. The fourth-order valence-electron chi connectivity index (χ4n) is 4.57. The molecule has 0 radical (unpaired) electrons. The molecular weight excluding hydrogens is 577 g/mol. The Morgan fingerprint density at radius 3 is 2.02 bits per heavy atom. The Bertz CT molecular complexity index is 1840. The molecule has 0 aliphatic heterocycles. The number of alkyl halides is 3. The average Bonchev–Trinajstić information content (AvgIpc) is 3.32. The lowest BCUT2D eigenvalue weighted by Gasteiger charge is -2.18. The number of methoxy groups -OCH3 is 1. The summed E-state index contributed by atoms with van der Waals surface area (Å²) in [4.78, 5) is 26.3. The van der Waals surface area contributed by atoms with Crippen LogP contribution in [0.3, 0.4) is 0 Å². The van der Waals surface area contributed by atoms with Gasteiger partial charge < -0.3 is 14.2 Å². The van der Waals surface area contributed by atoms with Crippen LogP contribution in [0.25, 0.3) is 25.1 Å². The van der Waals surface area contributed by atoms with Crippen LogP contribution in [-0.2, 0) is 20.4 Å². The molecule has 5 aromatic rings. The first-order valence-electron chi connectivity index (χ1n) is 13.2. The van der Waals surface area contributed by atoms with E-state index in [0.29, 0.717) is 11.3 Å². The highest BCUT2D eigenvalue weighted by Gasteiger charge is 2.30. The minimum Gasteiger partial charge on any atom is -0.491 e. The summed E-state index contributed by atoms with van der Waals surface area (Å²) in [5, 5.41) is 2.26. The maximum Gasteiger partial charge on any atom is 0.416 e. The quantitative estimate of drug-likeness (QED) is 0.111. The van der Waals surface area contributed by atoms with Crippen molar-refractivity contribution in [2.75, 3.05) is 13.7 Å². The van der Waals surface area contributed by atoms with Crippen LogP contribution in [0, 0.1) is 11.8 Å². The van der Waals surface area contributed by atoms with Crippen LogP contribution in [0.2, 0.25) is 0 Å². The van der Waals surface area contributed by atoms with E-state index < -0.39 is 46.4 Å². The predicted octanol–water partition coefficient (Wildman–Crippen LogP) is 8.29. The van der Waals surface area contributed by atoms with E-state index in [9.17, 15) is 22.8 Å². The maximum atomic E-state index is 13.0. The normalized spacial score (nSPS) is 11.6. The van der Waals surface area contributed by atoms with Gasteiger partial charge in [-0.15, -0.1) is 0 Å². The molecule has 0 saturated carbocycles. The molecule has 1 heterocycles. The molecule has 0 aliphatic carbocycles. The first-order chi connectivity index (χ1) is 20.5. The van der Waals surface area contributed by atoms with Crippen LogP contribution in [-0.4, -0.2) is 31.3 Å². The highest BCUT2D eigenvalue weighted by atomic mass is 32.2. The summed E-state index contributed by atoms with van der Waals surface area (Å²) in [6, 6.07) is 25.6. The number of benzene rings is 4. The van der Waals surface area contributed by atoms with Gasteiger partial charge in [0.15, 0.2) is 27.4 Å². The molecule has 1 aromatic heterocycles. The lowest BCUT2D eigenvalue weighted by molar-refractivity contribution is -0.155. The minimum atomic E-state index is -4.45. The van der Waals surface area contributed by atoms with Gasteiger partial charge in [0.25, 0.3) is 0 Å². The van der Waals surface area contributed by atoms with Gasteiger partial charge in [0.05, 0.1) is 18.2 Å². The van der Waals surface area contributed by atoms with Gasteiger partial charge in [0.1, 0.15) is 0 Å². The number of hydrogen-bond donors (Lipinski definition) is 0. The lowest BCUT2D eigenvalue weighted by Crippen LogP contribution is -2.29. The molecule has 218 valence electrons. The minimum absolute atomic E-state index is 0.249. The second-order valence-corrected chi connectivity index (χ2v) is 12.0. The Balaban J connectivity index is 1.30. The summed E-state index contributed by atoms with van der Waals surface area (Å²) in [6.45, 7) is 2.40. The number of ether oxygens (including phenoxy) is 3. The molecule has 0 amide bonds. The van der Waals surface area contributed by atoms with Crippen molar-refractivity contribution in [3.05, 3.63) is 108 Å². The zero-order chi connectivity index (χ0) is 30.8. The molecule has 4 aromatic carbocycles. The van der Waals surface area contributed by atoms with E-state index in [4.69, 9.17) is 14.2 Å². The number of carbonyl (C=O) groups is 2. The first-order valence-corrected chi connectivity index (χ1v) is 14.4. The summed E-state index contributed by atoms with van der Waals surface area (Å²) in [5.74, 6) is 4.52. The SMILES string of the molecule is COc1ccc(C(=O)OCC(=O)OC(C)(C)C#Cc2ccc(C(F)(F)F)cc2)cc1-[s+]1c2ccccc2c2ccccc21. The molecule has 0 aliphatic rings. The van der Waals surface area contributed by atoms with Gasteiger partial charge in [-0.2, -0.15) is 13.2 Å². The molecule has 0 fully saturated rings. The summed E-state index contributed by atoms with van der Waals surface area (Å²) in [6.07, 6.45) is -4.45. The van der Waals surface area contributed by atoms with Crippen LogP contribution < -0.4 is 4.74 Å². The van der Waals surface area contributed by atoms with Gasteiger partial charge >= 0.3 is 18.1 Å². The standard InChI is InChI=1S/C34H26F3O5S/c1-33(2,19-18-22-12-15-24(16-13-22)34(35,36)37)42-31(38)21-41-32(39)23-14-17-27(40-3)30(20-23)43-28-10-6-4-8-25(28)26-9-5-7-11-29(26)43/h4-17,20H,21H2,1-3H3/q+1. The van der Waals surface area contributed by atoms with Crippen molar-refractivity contribution in [3.8, 4) is 22.5 Å². The van der Waals surface area contributed by atoms with Crippen molar-refractivity contribution in [1.29, 1.82) is 0 Å². The predicted molar refractivity (Wildman–Crippen MR) is 161 cm³/mol. The number of rotatable bonds is 6. The fourth-order valence-corrected chi connectivity index (χ4v) is 7.10. The molecule has 43 heavy (non-hydrogen) atoms. The van der Waals surface area contributed by atoms with Crippen molar-refractivity contribution in [3.63, 3.8) is 0 Å². The Kier molecular flexibility index (Phi) is 8.16. The number of thiophene rings is 1. The molecule has 0 saturated heterocycles. The summed E-state index contributed by atoms with van der Waals surface area (Å²) >= 11 is 0. The first kappa shape index (κ1) is 29.7.